The topological polar surface area (TPSA) is 69.4 Å². The lowest BCUT2D eigenvalue weighted by molar-refractivity contribution is 0.186. The van der Waals surface area contributed by atoms with E-state index in [4.69, 9.17) is 10.5 Å². The van der Waals surface area contributed by atoms with E-state index >= 15 is 0 Å². The Morgan fingerprint density at radius 3 is 2.75 bits per heavy atom. The van der Waals surface area contributed by atoms with Crippen LogP contribution in [0.4, 0.5) is 4.39 Å². The zero-order valence-corrected chi connectivity index (χ0v) is 9.71. The summed E-state index contributed by atoms with van der Waals surface area (Å²) in [5.41, 5.74) is 5.55. The number of sulfone groups is 1. The van der Waals surface area contributed by atoms with Crippen LogP contribution in [0.25, 0.3) is 0 Å². The molecule has 1 unspecified atom stereocenters. The molecule has 0 bridgehead atoms. The summed E-state index contributed by atoms with van der Waals surface area (Å²) in [5.74, 6) is -0.842. The number of halogens is 1. The van der Waals surface area contributed by atoms with Crippen LogP contribution >= 0.6 is 0 Å². The first-order valence-corrected chi connectivity index (χ1v) is 6.34. The molecule has 0 radical (unpaired) electrons. The molecular weight excluding hydrogens is 233 g/mol. The Bertz CT molecular complexity index is 447. The van der Waals surface area contributed by atoms with Gasteiger partial charge in [0.25, 0.3) is 0 Å². The highest BCUT2D eigenvalue weighted by molar-refractivity contribution is 7.91. The van der Waals surface area contributed by atoms with Crippen molar-refractivity contribution in [1.82, 2.24) is 0 Å². The van der Waals surface area contributed by atoms with Crippen LogP contribution in [0.1, 0.15) is 0 Å². The van der Waals surface area contributed by atoms with Crippen molar-refractivity contribution in [3.8, 4) is 0 Å². The minimum absolute atomic E-state index is 0.0564. The van der Waals surface area contributed by atoms with Crippen molar-refractivity contribution >= 4 is 9.84 Å². The van der Waals surface area contributed by atoms with E-state index in [1.54, 1.807) is 0 Å². The molecule has 0 aliphatic heterocycles. The fraction of sp³-hybridized carbons (Fsp3) is 0.400. The van der Waals surface area contributed by atoms with Crippen LogP contribution in [0.2, 0.25) is 0 Å². The van der Waals surface area contributed by atoms with Crippen LogP contribution in [-0.2, 0) is 14.6 Å². The maximum Gasteiger partial charge on any atom is 0.180 e. The van der Waals surface area contributed by atoms with E-state index in [0.29, 0.717) is 0 Å². The average molecular weight is 247 g/mol. The predicted octanol–water partition coefficient (Wildman–Crippen LogP) is 0.573. The summed E-state index contributed by atoms with van der Waals surface area (Å²) in [6.07, 6.45) is 0. The van der Waals surface area contributed by atoms with E-state index in [1.165, 1.54) is 25.3 Å². The fourth-order valence-corrected chi connectivity index (χ4v) is 2.73. The van der Waals surface area contributed by atoms with Gasteiger partial charge in [0.1, 0.15) is 5.82 Å². The van der Waals surface area contributed by atoms with E-state index < -0.39 is 21.7 Å². The summed E-state index contributed by atoms with van der Waals surface area (Å²) in [7, 11) is -2.11. The number of ether oxygens (including phenoxy) is 1. The second kappa shape index (κ2) is 5.38. The SMILES string of the molecule is COCC(N)CS(=O)(=O)c1cccc(F)c1. The number of methoxy groups -OCH3 is 1. The zero-order chi connectivity index (χ0) is 12.2. The van der Waals surface area contributed by atoms with Gasteiger partial charge in [0.15, 0.2) is 9.84 Å². The van der Waals surface area contributed by atoms with E-state index in [0.717, 1.165) is 6.07 Å². The van der Waals surface area contributed by atoms with Crippen LogP contribution in [0.3, 0.4) is 0 Å². The highest BCUT2D eigenvalue weighted by Crippen LogP contribution is 2.13. The lowest BCUT2D eigenvalue weighted by Gasteiger charge is -2.10. The van der Waals surface area contributed by atoms with Crippen molar-refractivity contribution < 1.29 is 17.5 Å². The molecule has 0 aliphatic rings. The third kappa shape index (κ3) is 3.55. The van der Waals surface area contributed by atoms with E-state index in [2.05, 4.69) is 0 Å². The molecule has 0 spiro atoms. The van der Waals surface area contributed by atoms with Crippen molar-refractivity contribution in [3.05, 3.63) is 30.1 Å². The number of rotatable bonds is 5. The molecule has 16 heavy (non-hydrogen) atoms. The molecule has 1 aromatic rings. The molecule has 0 fully saturated rings. The van der Waals surface area contributed by atoms with Gasteiger partial charge in [0, 0.05) is 13.2 Å². The molecule has 1 rings (SSSR count). The molecule has 0 saturated heterocycles. The minimum Gasteiger partial charge on any atom is -0.383 e. The van der Waals surface area contributed by atoms with Crippen LogP contribution in [-0.4, -0.2) is 33.9 Å². The molecular formula is C10H14FNO3S. The highest BCUT2D eigenvalue weighted by atomic mass is 32.2. The van der Waals surface area contributed by atoms with Gasteiger partial charge in [-0.1, -0.05) is 6.07 Å². The van der Waals surface area contributed by atoms with E-state index in [1.807, 2.05) is 0 Å². The van der Waals surface area contributed by atoms with Gasteiger partial charge in [-0.25, -0.2) is 12.8 Å². The maximum absolute atomic E-state index is 12.9. The summed E-state index contributed by atoms with van der Waals surface area (Å²) in [5, 5.41) is 0. The molecule has 4 nitrogen and oxygen atoms in total. The molecule has 6 heteroatoms. The minimum atomic E-state index is -3.55. The second-order valence-corrected chi connectivity index (χ2v) is 5.49. The molecule has 0 aromatic heterocycles. The van der Waals surface area contributed by atoms with Gasteiger partial charge >= 0.3 is 0 Å². The second-order valence-electron chi connectivity index (χ2n) is 3.45. The molecule has 1 aromatic carbocycles. The zero-order valence-electron chi connectivity index (χ0n) is 8.89. The lowest BCUT2D eigenvalue weighted by atomic mass is 10.3. The summed E-state index contributed by atoms with van der Waals surface area (Å²) in [6.45, 7) is 0.147. The van der Waals surface area contributed by atoms with Crippen LogP contribution in [0, 0.1) is 5.82 Å². The number of nitrogens with two attached hydrogens (primary N) is 1. The summed E-state index contributed by atoms with van der Waals surface area (Å²) in [4.78, 5) is -0.0564. The molecule has 0 amide bonds. The lowest BCUT2D eigenvalue weighted by Crippen LogP contribution is -2.33. The van der Waals surface area contributed by atoms with Gasteiger partial charge < -0.3 is 10.5 Å². The first-order chi connectivity index (χ1) is 7.45. The fourth-order valence-electron chi connectivity index (χ4n) is 1.30. The molecule has 1 atom stereocenters. The van der Waals surface area contributed by atoms with Gasteiger partial charge in [-0.15, -0.1) is 0 Å². The molecule has 0 saturated carbocycles. The van der Waals surface area contributed by atoms with Crippen molar-refractivity contribution in [2.24, 2.45) is 5.73 Å². The molecule has 0 aliphatic carbocycles. The molecule has 0 heterocycles. The highest BCUT2D eigenvalue weighted by Gasteiger charge is 2.19. The van der Waals surface area contributed by atoms with Gasteiger partial charge in [-0.3, -0.25) is 0 Å². The van der Waals surface area contributed by atoms with Crippen molar-refractivity contribution in [3.63, 3.8) is 0 Å². The maximum atomic E-state index is 12.9. The van der Waals surface area contributed by atoms with Gasteiger partial charge in [0.2, 0.25) is 0 Å². The van der Waals surface area contributed by atoms with Crippen molar-refractivity contribution in [1.29, 1.82) is 0 Å². The van der Waals surface area contributed by atoms with Crippen LogP contribution in [0.15, 0.2) is 29.2 Å². The Balaban J connectivity index is 2.86. The van der Waals surface area contributed by atoms with Crippen LogP contribution in [0.5, 0.6) is 0 Å². The Kier molecular flexibility index (Phi) is 4.40. The summed E-state index contributed by atoms with van der Waals surface area (Å²) in [6, 6.07) is 4.25. The smallest absolute Gasteiger partial charge is 0.180 e. The third-order valence-corrected chi connectivity index (χ3v) is 3.81. The van der Waals surface area contributed by atoms with Gasteiger partial charge in [-0.2, -0.15) is 0 Å². The Morgan fingerprint density at radius 2 is 2.19 bits per heavy atom. The molecule has 2 N–H and O–H groups in total. The quantitative estimate of drug-likeness (QED) is 0.826. The largest absolute Gasteiger partial charge is 0.383 e. The number of hydrogen-bond acceptors (Lipinski definition) is 4. The van der Waals surface area contributed by atoms with E-state index in [-0.39, 0.29) is 17.3 Å². The first-order valence-electron chi connectivity index (χ1n) is 4.68. The van der Waals surface area contributed by atoms with Crippen LogP contribution < -0.4 is 5.73 Å². The summed E-state index contributed by atoms with van der Waals surface area (Å²) >= 11 is 0. The Hall–Kier alpha value is -0.980. The Morgan fingerprint density at radius 1 is 1.50 bits per heavy atom. The van der Waals surface area contributed by atoms with Crippen molar-refractivity contribution in [2.75, 3.05) is 19.5 Å². The first kappa shape index (κ1) is 13.1. The average Bonchev–Trinajstić information content (AvgIpc) is 2.17. The molecule has 90 valence electrons. The van der Waals surface area contributed by atoms with Gasteiger partial charge in [-0.05, 0) is 18.2 Å². The number of hydrogen-bond donors (Lipinski definition) is 1. The van der Waals surface area contributed by atoms with Gasteiger partial charge in [0.05, 0.1) is 17.3 Å². The monoisotopic (exact) mass is 247 g/mol. The van der Waals surface area contributed by atoms with E-state index in [9.17, 15) is 12.8 Å². The number of benzene rings is 1. The Labute approximate surface area is 94.1 Å². The standard InChI is InChI=1S/C10H14FNO3S/c1-15-6-9(12)7-16(13,14)10-4-2-3-8(11)5-10/h2-5,9H,6-7,12H2,1H3. The summed E-state index contributed by atoms with van der Waals surface area (Å²) < 4.78 is 41.1. The van der Waals surface area contributed by atoms with Crippen molar-refractivity contribution in [2.45, 2.75) is 10.9 Å². The predicted molar refractivity (Wildman–Crippen MR) is 58.3 cm³/mol. The third-order valence-electron chi connectivity index (χ3n) is 1.97. The normalized spacial score (nSPS) is 13.7.